The number of aromatic nitrogens is 2. The van der Waals surface area contributed by atoms with E-state index in [1.165, 1.54) is 28.2 Å². The van der Waals surface area contributed by atoms with Gasteiger partial charge in [0.2, 0.25) is 0 Å². The van der Waals surface area contributed by atoms with Crippen molar-refractivity contribution >= 4 is 27.5 Å². The molecule has 3 aromatic heterocycles. The van der Waals surface area contributed by atoms with Gasteiger partial charge in [-0.05, 0) is 55.4 Å². The van der Waals surface area contributed by atoms with Crippen LogP contribution < -0.4 is 0 Å². The van der Waals surface area contributed by atoms with Crippen LogP contribution >= 0.6 is 0 Å². The van der Waals surface area contributed by atoms with Crippen LogP contribution in [-0.2, 0) is 37.7 Å². The third-order valence-corrected chi connectivity index (χ3v) is 11.2. The number of aryl methyl sites for hydroxylation is 2. The van der Waals surface area contributed by atoms with Crippen molar-refractivity contribution in [3.8, 4) is 33.5 Å². The zero-order valence-corrected chi connectivity index (χ0v) is 32.9. The average molecular weight is 856 g/mol. The number of rotatable bonds is 9. The van der Waals surface area contributed by atoms with Gasteiger partial charge >= 0.3 is 0 Å². The Morgan fingerprint density at radius 2 is 1.55 bits per heavy atom. The first-order valence-corrected chi connectivity index (χ1v) is 18.0. The molecule has 0 unspecified atom stereocenters. The van der Waals surface area contributed by atoms with E-state index in [2.05, 4.69) is 71.7 Å². The molecule has 51 heavy (non-hydrogen) atoms. The number of benzene rings is 3. The van der Waals surface area contributed by atoms with E-state index in [-0.39, 0.29) is 42.5 Å². The number of allylic oxidation sites excluding steroid dienone is 2. The Hall–Kier alpha value is -4.38. The van der Waals surface area contributed by atoms with E-state index in [0.717, 1.165) is 83.0 Å². The van der Waals surface area contributed by atoms with Crippen LogP contribution in [0.5, 0.6) is 0 Å². The number of aliphatic hydroxyl groups excluding tert-OH is 1. The summed E-state index contributed by atoms with van der Waals surface area (Å²) in [7, 11) is 0. The molecule has 0 atom stereocenters. The topological polar surface area (TPSA) is 76.2 Å². The van der Waals surface area contributed by atoms with Crippen LogP contribution in [0.3, 0.4) is 0 Å². The van der Waals surface area contributed by atoms with Crippen LogP contribution in [0.2, 0.25) is 0 Å². The summed E-state index contributed by atoms with van der Waals surface area (Å²) in [5.41, 5.74) is 8.08. The normalized spacial score (nSPS) is 12.8. The van der Waals surface area contributed by atoms with Gasteiger partial charge in [0.1, 0.15) is 17.1 Å². The molecule has 1 aliphatic rings. The van der Waals surface area contributed by atoms with E-state index in [1.807, 2.05) is 72.3 Å². The molecule has 0 saturated heterocycles. The van der Waals surface area contributed by atoms with E-state index in [9.17, 15) is 9.90 Å². The minimum absolute atomic E-state index is 0. The molecule has 0 saturated carbocycles. The number of carbonyl (C=O) groups excluding carboxylic acids is 1. The van der Waals surface area contributed by atoms with Gasteiger partial charge in [-0.15, -0.1) is 23.6 Å². The third kappa shape index (κ3) is 7.36. The monoisotopic (exact) mass is 856 g/mol. The summed E-state index contributed by atoms with van der Waals surface area (Å²) in [5.74, 6) is 1.30. The Morgan fingerprint density at radius 3 is 2.25 bits per heavy atom. The molecule has 0 amide bonds. The molecule has 0 spiro atoms. The standard InChI is InChI=1S/C30H19N2O.C15H28O2.Ir/c1-2-6-19(7-3-1)24-17-22(16-21-8-4-5-9-23(21)24)30-29-27(13-15-32-30)33-26-11-10-20-12-14-31-18-25(20)28(26)29;1-7-14(5,8-2)12(16)11-13(17)15(6,9-3)10-4;/h1-9,12-15,17-18H,10-11H2;11,16H,7-10H2,1-6H3;/q-1;;/b;12-11-;. The molecule has 6 aromatic rings. The van der Waals surface area contributed by atoms with Crippen molar-refractivity contribution in [1.29, 1.82) is 0 Å². The van der Waals surface area contributed by atoms with Gasteiger partial charge in [0.25, 0.3) is 0 Å². The quantitative estimate of drug-likeness (QED) is 0.0890. The van der Waals surface area contributed by atoms with Crippen molar-refractivity contribution in [3.05, 3.63) is 121 Å². The van der Waals surface area contributed by atoms with Crippen molar-refractivity contribution in [2.75, 3.05) is 0 Å². The molecule has 1 aliphatic carbocycles. The molecule has 1 N–H and O–H groups in total. The number of fused-ring (bicyclic) bond motifs is 6. The molecule has 0 fully saturated rings. The Bertz CT molecular complexity index is 2180. The number of furan rings is 1. The van der Waals surface area contributed by atoms with Gasteiger partial charge in [-0.3, -0.25) is 14.8 Å². The minimum atomic E-state index is -0.337. The molecular formula is C45H47IrN2O3-. The predicted molar refractivity (Wildman–Crippen MR) is 205 cm³/mol. The van der Waals surface area contributed by atoms with Gasteiger partial charge in [0.15, 0.2) is 5.78 Å². The van der Waals surface area contributed by atoms with Crippen molar-refractivity contribution in [2.24, 2.45) is 10.8 Å². The van der Waals surface area contributed by atoms with Crippen LogP contribution in [0.4, 0.5) is 0 Å². The second-order valence-electron chi connectivity index (χ2n) is 13.9. The van der Waals surface area contributed by atoms with Crippen LogP contribution in [0.1, 0.15) is 78.5 Å². The number of pyridine rings is 2. The van der Waals surface area contributed by atoms with Crippen LogP contribution in [0.15, 0.2) is 108 Å². The number of hydrogen-bond donors (Lipinski definition) is 1. The first-order valence-electron chi connectivity index (χ1n) is 18.0. The second kappa shape index (κ2) is 15.9. The fourth-order valence-electron chi connectivity index (χ4n) is 6.77. The Morgan fingerprint density at radius 1 is 0.863 bits per heavy atom. The number of ketones is 1. The first-order chi connectivity index (χ1) is 24.2. The Labute approximate surface area is 315 Å². The predicted octanol–water partition coefficient (Wildman–Crippen LogP) is 11.9. The summed E-state index contributed by atoms with van der Waals surface area (Å²) in [6.07, 6.45) is 12.3. The first kappa shape index (κ1) is 37.9. The van der Waals surface area contributed by atoms with Crippen molar-refractivity contribution < 1.29 is 34.4 Å². The van der Waals surface area contributed by atoms with Crippen molar-refractivity contribution in [1.82, 2.24) is 9.97 Å². The minimum Gasteiger partial charge on any atom is -0.512 e. The van der Waals surface area contributed by atoms with Crippen LogP contribution in [-0.4, -0.2) is 20.9 Å². The Kier molecular flexibility index (Phi) is 11.8. The van der Waals surface area contributed by atoms with E-state index in [1.54, 1.807) is 0 Å². The smallest absolute Gasteiger partial charge is 0.164 e. The number of aliphatic hydroxyl groups is 1. The maximum Gasteiger partial charge on any atom is 0.164 e. The summed E-state index contributed by atoms with van der Waals surface area (Å²) >= 11 is 0. The van der Waals surface area contributed by atoms with Gasteiger partial charge < -0.3 is 9.52 Å². The van der Waals surface area contributed by atoms with Gasteiger partial charge in [-0.2, -0.15) is 0 Å². The molecule has 3 aromatic carbocycles. The van der Waals surface area contributed by atoms with Gasteiger partial charge in [-0.25, -0.2) is 0 Å². The largest absolute Gasteiger partial charge is 0.512 e. The van der Waals surface area contributed by atoms with Crippen molar-refractivity contribution in [2.45, 2.75) is 80.1 Å². The summed E-state index contributed by atoms with van der Waals surface area (Å²) in [4.78, 5) is 21.5. The molecule has 7 rings (SSSR count). The second-order valence-corrected chi connectivity index (χ2v) is 13.9. The fraction of sp³-hybridized carbons (Fsp3) is 0.311. The molecule has 5 nitrogen and oxygen atoms in total. The summed E-state index contributed by atoms with van der Waals surface area (Å²) in [5, 5.41) is 13.4. The molecule has 265 valence electrons. The summed E-state index contributed by atoms with van der Waals surface area (Å²) < 4.78 is 6.33. The summed E-state index contributed by atoms with van der Waals surface area (Å²) in [6.45, 7) is 12.1. The summed E-state index contributed by atoms with van der Waals surface area (Å²) in [6, 6.07) is 28.9. The number of hydrogen-bond acceptors (Lipinski definition) is 5. The maximum absolute atomic E-state index is 12.2. The van der Waals surface area contributed by atoms with E-state index in [4.69, 9.17) is 9.40 Å². The van der Waals surface area contributed by atoms with Gasteiger partial charge in [-0.1, -0.05) is 107 Å². The third-order valence-electron chi connectivity index (χ3n) is 11.2. The molecule has 0 aliphatic heterocycles. The van der Waals surface area contributed by atoms with Gasteiger partial charge in [0.05, 0.1) is 0 Å². The maximum atomic E-state index is 12.2. The molecular weight excluding hydrogens is 809 g/mol. The van der Waals surface area contributed by atoms with E-state index < -0.39 is 0 Å². The molecule has 0 bridgehead atoms. The zero-order valence-electron chi connectivity index (χ0n) is 30.5. The average Bonchev–Trinajstić information content (AvgIpc) is 3.57. The Balaban J connectivity index is 0.000000242. The van der Waals surface area contributed by atoms with Crippen molar-refractivity contribution in [3.63, 3.8) is 0 Å². The molecule has 3 heterocycles. The number of carbonyl (C=O) groups is 1. The molecule has 6 heteroatoms. The van der Waals surface area contributed by atoms with Crippen LogP contribution in [0, 0.1) is 16.9 Å². The van der Waals surface area contributed by atoms with Gasteiger partial charge in [0, 0.05) is 84.2 Å². The molecule has 1 radical (unpaired) electrons. The fourth-order valence-corrected chi connectivity index (χ4v) is 6.77. The zero-order chi connectivity index (χ0) is 35.5. The van der Waals surface area contributed by atoms with E-state index >= 15 is 0 Å². The SMILES string of the molecule is CCC(C)(CC)C(=O)/C=C(\O)C(C)(CC)CC.[Ir].[c-]1c(-c2nccc3oc4c(c23)-c2cnccc2CC4)cc(-c2ccccc2)c2ccccc12. The number of nitrogens with zero attached hydrogens (tertiary/aromatic N) is 2. The van der Waals surface area contributed by atoms with E-state index in [0.29, 0.717) is 0 Å². The van der Waals surface area contributed by atoms with Crippen LogP contribution in [0.25, 0.3) is 55.3 Å².